The standard InChI is InChI=1S/C24H20ClF3N4O5/c1-2-37-21(34)17-13-31(16-8-6-15(7-9-16)30-11-10-29-22(30)35)23(36)32(20(17)33)12-14-4-3-5-18(19(14)25)24(26,27)28/h3-9,13H,2,10-12H2,1H3,(H,29,35). The van der Waals surface area contributed by atoms with Crippen LogP contribution in [-0.2, 0) is 17.5 Å². The van der Waals surface area contributed by atoms with Crippen molar-refractivity contribution in [1.29, 1.82) is 0 Å². The van der Waals surface area contributed by atoms with Gasteiger partial charge in [-0.05, 0) is 42.8 Å². The minimum Gasteiger partial charge on any atom is -0.462 e. The molecule has 0 radical (unpaired) electrons. The highest BCUT2D eigenvalue weighted by Crippen LogP contribution is 2.36. The number of rotatable bonds is 6. The molecule has 1 fully saturated rings. The predicted molar refractivity (Wildman–Crippen MR) is 129 cm³/mol. The maximum Gasteiger partial charge on any atom is 0.417 e. The van der Waals surface area contributed by atoms with Crippen LogP contribution in [0.1, 0.15) is 28.4 Å². The van der Waals surface area contributed by atoms with E-state index in [2.05, 4.69) is 5.32 Å². The second-order valence-electron chi connectivity index (χ2n) is 7.98. The van der Waals surface area contributed by atoms with Crippen LogP contribution < -0.4 is 21.5 Å². The van der Waals surface area contributed by atoms with Gasteiger partial charge in [0.1, 0.15) is 5.56 Å². The minimum atomic E-state index is -4.75. The van der Waals surface area contributed by atoms with Crippen LogP contribution in [0.5, 0.6) is 0 Å². The molecule has 1 aromatic heterocycles. The number of hydrogen-bond acceptors (Lipinski definition) is 5. The fourth-order valence-corrected chi connectivity index (χ4v) is 4.17. The monoisotopic (exact) mass is 536 g/mol. The summed E-state index contributed by atoms with van der Waals surface area (Å²) in [5, 5.41) is 2.01. The molecular weight excluding hydrogens is 517 g/mol. The molecule has 9 nitrogen and oxygen atoms in total. The molecule has 2 heterocycles. The van der Waals surface area contributed by atoms with Crippen molar-refractivity contribution in [2.45, 2.75) is 19.6 Å². The summed E-state index contributed by atoms with van der Waals surface area (Å²) in [4.78, 5) is 52.4. The van der Waals surface area contributed by atoms with Gasteiger partial charge in [0.05, 0.1) is 29.4 Å². The van der Waals surface area contributed by atoms with Crippen LogP contribution in [0.2, 0.25) is 5.02 Å². The lowest BCUT2D eigenvalue weighted by molar-refractivity contribution is -0.137. The van der Waals surface area contributed by atoms with Gasteiger partial charge in [-0.25, -0.2) is 14.4 Å². The molecule has 3 aromatic rings. The zero-order valence-corrected chi connectivity index (χ0v) is 20.1. The molecule has 2 amide bonds. The summed E-state index contributed by atoms with van der Waals surface area (Å²) in [7, 11) is 0. The number of carbonyl (C=O) groups is 2. The van der Waals surface area contributed by atoms with E-state index in [1.807, 2.05) is 0 Å². The number of nitrogens with zero attached hydrogens (tertiary/aromatic N) is 3. The van der Waals surface area contributed by atoms with Gasteiger partial charge < -0.3 is 10.1 Å². The molecule has 1 aliphatic heterocycles. The number of nitrogens with one attached hydrogen (secondary N) is 1. The maximum absolute atomic E-state index is 13.3. The molecule has 0 unspecified atom stereocenters. The molecule has 1 saturated heterocycles. The molecule has 13 heteroatoms. The van der Waals surface area contributed by atoms with Crippen LogP contribution in [-0.4, -0.2) is 40.8 Å². The predicted octanol–water partition coefficient (Wildman–Crippen LogP) is 3.43. The van der Waals surface area contributed by atoms with Gasteiger partial charge in [-0.15, -0.1) is 0 Å². The molecule has 0 atom stereocenters. The first-order valence-electron chi connectivity index (χ1n) is 11.1. The van der Waals surface area contributed by atoms with Gasteiger partial charge in [0.2, 0.25) is 0 Å². The van der Waals surface area contributed by atoms with E-state index in [0.29, 0.717) is 23.3 Å². The number of esters is 1. The van der Waals surface area contributed by atoms with Gasteiger partial charge in [-0.2, -0.15) is 13.2 Å². The van der Waals surface area contributed by atoms with E-state index in [0.717, 1.165) is 22.9 Å². The summed E-state index contributed by atoms with van der Waals surface area (Å²) in [6.45, 7) is 1.78. The van der Waals surface area contributed by atoms with Crippen molar-refractivity contribution in [3.8, 4) is 5.69 Å². The zero-order chi connectivity index (χ0) is 26.9. The summed E-state index contributed by atoms with van der Waals surface area (Å²) >= 11 is 5.98. The summed E-state index contributed by atoms with van der Waals surface area (Å²) in [5.41, 5.74) is -2.92. The molecule has 37 heavy (non-hydrogen) atoms. The molecule has 0 bridgehead atoms. The van der Waals surface area contributed by atoms with Crippen molar-refractivity contribution >= 4 is 29.3 Å². The summed E-state index contributed by atoms with van der Waals surface area (Å²) in [5.74, 6) is -1.00. The quantitative estimate of drug-likeness (QED) is 0.486. The number of alkyl halides is 3. The Hall–Kier alpha value is -4.06. The molecule has 1 N–H and O–H groups in total. The normalized spacial score (nSPS) is 13.5. The molecule has 0 aliphatic carbocycles. The highest BCUT2D eigenvalue weighted by atomic mass is 35.5. The van der Waals surface area contributed by atoms with Gasteiger partial charge in [0, 0.05) is 25.0 Å². The largest absolute Gasteiger partial charge is 0.462 e. The Kier molecular flexibility index (Phi) is 7.12. The molecular formula is C24H20ClF3N4O5. The SMILES string of the molecule is CCOC(=O)c1cn(-c2ccc(N3CCNC3=O)cc2)c(=O)n(Cc2cccc(C(F)(F)F)c2Cl)c1=O. The van der Waals surface area contributed by atoms with Crippen molar-refractivity contribution in [1.82, 2.24) is 14.5 Å². The van der Waals surface area contributed by atoms with E-state index in [1.54, 1.807) is 12.1 Å². The number of ether oxygens (including phenoxy) is 1. The highest BCUT2D eigenvalue weighted by molar-refractivity contribution is 6.32. The van der Waals surface area contributed by atoms with Crippen molar-refractivity contribution in [2.24, 2.45) is 0 Å². The summed E-state index contributed by atoms with van der Waals surface area (Å²) in [6, 6.07) is 9.03. The van der Waals surface area contributed by atoms with Crippen LogP contribution in [0.15, 0.2) is 58.3 Å². The molecule has 0 spiro atoms. The Morgan fingerprint density at radius 1 is 1.08 bits per heavy atom. The third kappa shape index (κ3) is 5.10. The van der Waals surface area contributed by atoms with Crippen molar-refractivity contribution < 1.29 is 27.5 Å². The highest BCUT2D eigenvalue weighted by Gasteiger charge is 2.34. The Bertz CT molecular complexity index is 1480. The molecule has 1 aliphatic rings. The Balaban J connectivity index is 1.83. The molecule has 0 saturated carbocycles. The third-order valence-corrected chi connectivity index (χ3v) is 6.12. The van der Waals surface area contributed by atoms with Crippen LogP contribution in [0, 0.1) is 0 Å². The van der Waals surface area contributed by atoms with E-state index in [4.69, 9.17) is 16.3 Å². The smallest absolute Gasteiger partial charge is 0.417 e. The lowest BCUT2D eigenvalue weighted by Crippen LogP contribution is -2.42. The number of anilines is 1. The fourth-order valence-electron chi connectivity index (χ4n) is 3.88. The number of halogens is 4. The fraction of sp³-hybridized carbons (Fsp3) is 0.250. The first-order valence-corrected chi connectivity index (χ1v) is 11.4. The lowest BCUT2D eigenvalue weighted by atomic mass is 10.1. The van der Waals surface area contributed by atoms with Gasteiger partial charge in [0.15, 0.2) is 0 Å². The van der Waals surface area contributed by atoms with Gasteiger partial charge in [-0.1, -0.05) is 23.7 Å². The van der Waals surface area contributed by atoms with Crippen LogP contribution in [0.3, 0.4) is 0 Å². The van der Waals surface area contributed by atoms with Crippen molar-refractivity contribution in [3.05, 3.63) is 91.2 Å². The summed E-state index contributed by atoms with van der Waals surface area (Å²) < 4.78 is 46.5. The van der Waals surface area contributed by atoms with Crippen molar-refractivity contribution in [2.75, 3.05) is 24.6 Å². The van der Waals surface area contributed by atoms with E-state index in [9.17, 15) is 32.3 Å². The number of aromatic nitrogens is 2. The van der Waals surface area contributed by atoms with E-state index >= 15 is 0 Å². The zero-order valence-electron chi connectivity index (χ0n) is 19.3. The number of hydrogen-bond donors (Lipinski definition) is 1. The Morgan fingerprint density at radius 3 is 2.35 bits per heavy atom. The summed E-state index contributed by atoms with van der Waals surface area (Å²) in [6.07, 6.45) is -3.73. The van der Waals surface area contributed by atoms with Crippen molar-refractivity contribution in [3.63, 3.8) is 0 Å². The Labute approximate surface area is 212 Å². The van der Waals surface area contributed by atoms with E-state index in [1.165, 1.54) is 30.0 Å². The topological polar surface area (TPSA) is 103 Å². The van der Waals surface area contributed by atoms with Gasteiger partial charge in [0.25, 0.3) is 5.56 Å². The first kappa shape index (κ1) is 26.0. The molecule has 4 rings (SSSR count). The minimum absolute atomic E-state index is 0.0521. The molecule has 194 valence electrons. The average molecular weight is 537 g/mol. The maximum atomic E-state index is 13.3. The average Bonchev–Trinajstić information content (AvgIpc) is 3.28. The second kappa shape index (κ2) is 10.1. The number of carbonyl (C=O) groups excluding carboxylic acids is 2. The Morgan fingerprint density at radius 2 is 1.76 bits per heavy atom. The van der Waals surface area contributed by atoms with E-state index in [-0.39, 0.29) is 23.9 Å². The van der Waals surface area contributed by atoms with Gasteiger partial charge >= 0.3 is 23.9 Å². The third-order valence-electron chi connectivity index (χ3n) is 5.67. The van der Waals surface area contributed by atoms with E-state index < -0.39 is 46.1 Å². The molecule has 2 aromatic carbocycles. The first-order chi connectivity index (χ1) is 17.5. The van der Waals surface area contributed by atoms with Crippen LogP contribution >= 0.6 is 11.6 Å². The lowest BCUT2D eigenvalue weighted by Gasteiger charge is -2.17. The number of urea groups is 1. The van der Waals surface area contributed by atoms with Crippen LogP contribution in [0.4, 0.5) is 23.7 Å². The number of benzene rings is 2. The second-order valence-corrected chi connectivity index (χ2v) is 8.36. The van der Waals surface area contributed by atoms with Gasteiger partial charge in [-0.3, -0.25) is 18.8 Å². The number of amides is 2. The van der Waals surface area contributed by atoms with Crippen LogP contribution in [0.25, 0.3) is 5.69 Å².